The summed E-state index contributed by atoms with van der Waals surface area (Å²) < 4.78 is 44.0. The van der Waals surface area contributed by atoms with Crippen molar-refractivity contribution in [1.82, 2.24) is 9.80 Å². The van der Waals surface area contributed by atoms with Gasteiger partial charge in [-0.3, -0.25) is 9.69 Å². The van der Waals surface area contributed by atoms with Gasteiger partial charge >= 0.3 is 12.1 Å². The van der Waals surface area contributed by atoms with Gasteiger partial charge in [0, 0.05) is 49.0 Å². The first-order valence-corrected chi connectivity index (χ1v) is 13.0. The van der Waals surface area contributed by atoms with E-state index in [1.54, 1.807) is 24.3 Å². The SMILES string of the molecule is O=C(c1ccc(Cl)cc1)N1C[C@H](OC(=O)C(F)(F)F)[C@@H](N2CCN(c3ccc(-c4ccccc4)cc3)CC2)C1. The van der Waals surface area contributed by atoms with Crippen LogP contribution in [0.25, 0.3) is 11.1 Å². The quantitative estimate of drug-likeness (QED) is 0.407. The molecule has 0 bridgehead atoms. The van der Waals surface area contributed by atoms with E-state index >= 15 is 0 Å². The third kappa shape index (κ3) is 6.20. The number of alkyl halides is 3. The number of carbonyl (C=O) groups is 2. The van der Waals surface area contributed by atoms with Gasteiger partial charge in [-0.15, -0.1) is 0 Å². The number of piperazine rings is 1. The molecule has 2 heterocycles. The zero-order valence-corrected chi connectivity index (χ0v) is 21.7. The number of esters is 1. The van der Waals surface area contributed by atoms with Gasteiger partial charge in [0.15, 0.2) is 0 Å². The minimum Gasteiger partial charge on any atom is -0.452 e. The molecule has 0 N–H and O–H groups in total. The molecule has 2 atom stereocenters. The summed E-state index contributed by atoms with van der Waals surface area (Å²) in [5.74, 6) is -2.59. The van der Waals surface area contributed by atoms with Crippen LogP contribution in [0.5, 0.6) is 0 Å². The second-order valence-corrected chi connectivity index (χ2v) is 10.1. The summed E-state index contributed by atoms with van der Waals surface area (Å²) in [6.07, 6.45) is -6.20. The third-order valence-electron chi connectivity index (χ3n) is 7.23. The fourth-order valence-corrected chi connectivity index (χ4v) is 5.30. The number of anilines is 1. The van der Waals surface area contributed by atoms with Gasteiger partial charge in [-0.2, -0.15) is 13.2 Å². The fourth-order valence-electron chi connectivity index (χ4n) is 5.18. The zero-order chi connectivity index (χ0) is 27.6. The van der Waals surface area contributed by atoms with Gasteiger partial charge in [-0.05, 0) is 47.5 Å². The van der Waals surface area contributed by atoms with Crippen LogP contribution in [0, 0.1) is 0 Å². The number of benzene rings is 3. The number of rotatable bonds is 5. The molecule has 39 heavy (non-hydrogen) atoms. The van der Waals surface area contributed by atoms with Crippen LogP contribution in [0.2, 0.25) is 5.02 Å². The van der Waals surface area contributed by atoms with E-state index in [9.17, 15) is 22.8 Å². The van der Waals surface area contributed by atoms with Gasteiger partial charge in [0.2, 0.25) is 0 Å². The van der Waals surface area contributed by atoms with Crippen molar-refractivity contribution in [2.45, 2.75) is 18.3 Å². The topological polar surface area (TPSA) is 53.1 Å². The lowest BCUT2D eigenvalue weighted by Crippen LogP contribution is -2.54. The molecule has 2 fully saturated rings. The number of nitrogens with zero attached hydrogens (tertiary/aromatic N) is 3. The van der Waals surface area contributed by atoms with Gasteiger partial charge in [0.25, 0.3) is 5.91 Å². The predicted molar refractivity (Wildman–Crippen MR) is 143 cm³/mol. The molecule has 2 aliphatic heterocycles. The van der Waals surface area contributed by atoms with Crippen molar-refractivity contribution in [1.29, 1.82) is 0 Å². The molecule has 0 aliphatic carbocycles. The number of ether oxygens (including phenoxy) is 1. The van der Waals surface area contributed by atoms with Crippen LogP contribution in [0.15, 0.2) is 78.9 Å². The Labute approximate surface area is 229 Å². The summed E-state index contributed by atoms with van der Waals surface area (Å²) in [6.45, 7) is 2.43. The number of carbonyl (C=O) groups excluding carboxylic acids is 2. The summed E-state index contributed by atoms with van der Waals surface area (Å²) in [5, 5.41) is 0.468. The molecular weight excluding hydrogens is 531 g/mol. The van der Waals surface area contributed by atoms with Gasteiger partial charge in [-0.25, -0.2) is 4.79 Å². The second kappa shape index (κ2) is 11.3. The molecule has 2 saturated heterocycles. The minimum atomic E-state index is -5.11. The molecule has 0 radical (unpaired) electrons. The van der Waals surface area contributed by atoms with Crippen LogP contribution < -0.4 is 4.90 Å². The Morgan fingerprint density at radius 1 is 0.795 bits per heavy atom. The highest BCUT2D eigenvalue weighted by Crippen LogP contribution is 2.28. The van der Waals surface area contributed by atoms with E-state index in [0.29, 0.717) is 36.8 Å². The Morgan fingerprint density at radius 3 is 2.03 bits per heavy atom. The lowest BCUT2D eigenvalue weighted by atomic mass is 10.1. The van der Waals surface area contributed by atoms with E-state index in [2.05, 4.69) is 41.3 Å². The van der Waals surface area contributed by atoms with Crippen LogP contribution in [-0.2, 0) is 9.53 Å². The van der Waals surface area contributed by atoms with E-state index in [1.165, 1.54) is 4.90 Å². The number of halogens is 4. The van der Waals surface area contributed by atoms with Crippen LogP contribution in [0.4, 0.5) is 18.9 Å². The van der Waals surface area contributed by atoms with E-state index in [4.69, 9.17) is 16.3 Å². The fraction of sp³-hybridized carbons (Fsp3) is 0.310. The summed E-state index contributed by atoms with van der Waals surface area (Å²) in [4.78, 5) is 30.5. The number of hydrogen-bond donors (Lipinski definition) is 0. The highest BCUT2D eigenvalue weighted by Gasteiger charge is 2.47. The molecular formula is C29H27ClF3N3O3. The van der Waals surface area contributed by atoms with E-state index in [0.717, 1.165) is 16.8 Å². The van der Waals surface area contributed by atoms with Crippen LogP contribution in [-0.4, -0.2) is 79.3 Å². The molecule has 0 aromatic heterocycles. The second-order valence-electron chi connectivity index (χ2n) is 9.66. The summed E-state index contributed by atoms with van der Waals surface area (Å²) in [5.41, 5.74) is 3.67. The highest BCUT2D eigenvalue weighted by molar-refractivity contribution is 6.30. The standard InChI is InChI=1S/C29H27ClF3N3O3/c30-23-10-6-22(7-11-23)27(37)36-18-25(26(19-36)39-28(38)29(31,32)33)35-16-14-34(15-17-35)24-12-8-21(9-13-24)20-4-2-1-3-5-20/h1-13,25-26H,14-19H2/t25-,26-/m0/s1. The third-order valence-corrected chi connectivity index (χ3v) is 7.48. The maximum atomic E-state index is 13.1. The van der Waals surface area contributed by atoms with Gasteiger partial charge in [0.1, 0.15) is 6.10 Å². The normalized spacial score (nSPS) is 20.2. The van der Waals surface area contributed by atoms with Crippen molar-refractivity contribution < 1.29 is 27.5 Å². The lowest BCUT2D eigenvalue weighted by Gasteiger charge is -2.40. The predicted octanol–water partition coefficient (Wildman–Crippen LogP) is 5.13. The molecule has 0 unspecified atom stereocenters. The first-order valence-electron chi connectivity index (χ1n) is 12.7. The first-order chi connectivity index (χ1) is 18.7. The van der Waals surface area contributed by atoms with Crippen molar-refractivity contribution in [3.05, 3.63) is 89.4 Å². The van der Waals surface area contributed by atoms with Crippen LogP contribution >= 0.6 is 11.6 Å². The number of amides is 1. The molecule has 3 aromatic carbocycles. The maximum absolute atomic E-state index is 13.1. The molecule has 3 aromatic rings. The largest absolute Gasteiger partial charge is 0.490 e. The van der Waals surface area contributed by atoms with Crippen molar-refractivity contribution in [2.24, 2.45) is 0 Å². The number of hydrogen-bond acceptors (Lipinski definition) is 5. The molecule has 1 amide bonds. The molecule has 6 nitrogen and oxygen atoms in total. The molecule has 204 valence electrons. The van der Waals surface area contributed by atoms with Crippen LogP contribution in [0.1, 0.15) is 10.4 Å². The van der Waals surface area contributed by atoms with Crippen molar-refractivity contribution in [3.8, 4) is 11.1 Å². The molecule has 2 aliphatic rings. The maximum Gasteiger partial charge on any atom is 0.490 e. The minimum absolute atomic E-state index is 0.116. The lowest BCUT2D eigenvalue weighted by molar-refractivity contribution is -0.206. The Balaban J connectivity index is 1.26. The Kier molecular flexibility index (Phi) is 7.81. The van der Waals surface area contributed by atoms with Gasteiger partial charge < -0.3 is 14.5 Å². The van der Waals surface area contributed by atoms with Crippen molar-refractivity contribution in [3.63, 3.8) is 0 Å². The summed E-state index contributed by atoms with van der Waals surface area (Å²) >= 11 is 5.92. The Hall–Kier alpha value is -3.56. The monoisotopic (exact) mass is 557 g/mol. The summed E-state index contributed by atoms with van der Waals surface area (Å²) in [6, 6.07) is 24.1. The summed E-state index contributed by atoms with van der Waals surface area (Å²) in [7, 11) is 0. The van der Waals surface area contributed by atoms with Crippen LogP contribution in [0.3, 0.4) is 0 Å². The molecule has 5 rings (SSSR count). The van der Waals surface area contributed by atoms with Gasteiger partial charge in [0.05, 0.1) is 12.6 Å². The molecule has 10 heteroatoms. The van der Waals surface area contributed by atoms with E-state index in [-0.39, 0.29) is 19.0 Å². The van der Waals surface area contributed by atoms with Gasteiger partial charge in [-0.1, -0.05) is 54.1 Å². The van der Waals surface area contributed by atoms with Crippen molar-refractivity contribution in [2.75, 3.05) is 44.2 Å². The molecule has 0 spiro atoms. The van der Waals surface area contributed by atoms with Crippen molar-refractivity contribution >= 4 is 29.2 Å². The Morgan fingerprint density at radius 2 is 1.41 bits per heavy atom. The molecule has 0 saturated carbocycles. The average molecular weight is 558 g/mol. The van der Waals surface area contributed by atoms with E-state index in [1.807, 2.05) is 23.1 Å². The van der Waals surface area contributed by atoms with E-state index < -0.39 is 24.3 Å². The highest BCUT2D eigenvalue weighted by atomic mass is 35.5. The average Bonchev–Trinajstić information content (AvgIpc) is 3.37. The smallest absolute Gasteiger partial charge is 0.452 e. The zero-order valence-electron chi connectivity index (χ0n) is 21.0. The Bertz CT molecular complexity index is 1300. The number of likely N-dealkylation sites (tertiary alicyclic amines) is 1. The first kappa shape index (κ1) is 27.0.